The third-order valence-electron chi connectivity index (χ3n) is 3.82. The minimum absolute atomic E-state index is 0.0608. The first-order chi connectivity index (χ1) is 11.6. The van der Waals surface area contributed by atoms with Crippen LogP contribution in [-0.2, 0) is 17.9 Å². The number of amides is 1. The number of aromatic nitrogens is 2. The zero-order chi connectivity index (χ0) is 17.1. The largest absolute Gasteiger partial charge is 0.332 e. The van der Waals surface area contributed by atoms with Crippen LogP contribution >= 0.6 is 27.3 Å². The van der Waals surface area contributed by atoms with Crippen LogP contribution in [0.15, 0.2) is 52.8 Å². The number of rotatable bonds is 6. The molecule has 0 aliphatic carbocycles. The van der Waals surface area contributed by atoms with Gasteiger partial charge >= 0.3 is 0 Å². The van der Waals surface area contributed by atoms with Crippen LogP contribution in [0.4, 0.5) is 0 Å². The van der Waals surface area contributed by atoms with Gasteiger partial charge < -0.3 is 9.47 Å². The van der Waals surface area contributed by atoms with Crippen molar-refractivity contribution in [1.29, 1.82) is 0 Å². The molecule has 1 aromatic carbocycles. The number of hydrogen-bond acceptors (Lipinski definition) is 3. The van der Waals surface area contributed by atoms with Crippen LogP contribution in [-0.4, -0.2) is 26.9 Å². The molecule has 1 amide bonds. The Morgan fingerprint density at radius 3 is 2.88 bits per heavy atom. The van der Waals surface area contributed by atoms with Crippen molar-refractivity contribution in [3.8, 4) is 0 Å². The Hall–Kier alpha value is -1.92. The number of imidazole rings is 1. The third-order valence-corrected chi connectivity index (χ3v) is 5.42. The lowest BCUT2D eigenvalue weighted by atomic mass is 10.3. The van der Waals surface area contributed by atoms with E-state index in [9.17, 15) is 4.79 Å². The molecule has 0 radical (unpaired) electrons. The van der Waals surface area contributed by atoms with Crippen molar-refractivity contribution in [2.24, 2.45) is 0 Å². The van der Waals surface area contributed by atoms with Gasteiger partial charge in [0.2, 0.25) is 5.91 Å². The van der Waals surface area contributed by atoms with Crippen LogP contribution in [0.25, 0.3) is 11.0 Å². The number of para-hydroxylation sites is 2. The number of carbonyl (C=O) groups excluding carboxylic acids is 1. The van der Waals surface area contributed by atoms with E-state index < -0.39 is 0 Å². The Labute approximate surface area is 153 Å². The van der Waals surface area contributed by atoms with Gasteiger partial charge in [0, 0.05) is 11.4 Å². The van der Waals surface area contributed by atoms with E-state index in [4.69, 9.17) is 0 Å². The first-order valence-corrected chi connectivity index (χ1v) is 9.24. The van der Waals surface area contributed by atoms with Crippen LogP contribution in [0.5, 0.6) is 0 Å². The van der Waals surface area contributed by atoms with Crippen LogP contribution in [0, 0.1) is 6.92 Å². The zero-order valence-corrected chi connectivity index (χ0v) is 15.8. The van der Waals surface area contributed by atoms with Gasteiger partial charge in [-0.1, -0.05) is 18.2 Å². The topological polar surface area (TPSA) is 38.1 Å². The predicted molar refractivity (Wildman–Crippen MR) is 102 cm³/mol. The average molecular weight is 404 g/mol. The number of carbonyl (C=O) groups is 1. The summed E-state index contributed by atoms with van der Waals surface area (Å²) in [5, 5.41) is 0. The molecular formula is C18H18BrN3OS. The molecule has 0 unspecified atom stereocenters. The van der Waals surface area contributed by atoms with E-state index in [0.717, 1.165) is 25.5 Å². The normalized spacial score (nSPS) is 10.9. The van der Waals surface area contributed by atoms with Crippen molar-refractivity contribution in [1.82, 2.24) is 14.5 Å². The maximum atomic E-state index is 12.8. The van der Waals surface area contributed by atoms with E-state index in [1.807, 2.05) is 52.8 Å². The summed E-state index contributed by atoms with van der Waals surface area (Å²) in [4.78, 5) is 20.3. The Morgan fingerprint density at radius 1 is 1.38 bits per heavy atom. The van der Waals surface area contributed by atoms with Gasteiger partial charge in [-0.2, -0.15) is 0 Å². The van der Waals surface area contributed by atoms with E-state index in [0.29, 0.717) is 13.1 Å². The molecule has 6 heteroatoms. The standard InChI is InChI=1S/C18H18BrN3OS/c1-3-10-21(11-14-8-9-17(19)24-14)18(23)12-22-13(2)20-15-6-4-5-7-16(15)22/h3-9H,1,10-12H2,2H3. The lowest BCUT2D eigenvalue weighted by molar-refractivity contribution is -0.131. The molecule has 0 bridgehead atoms. The van der Waals surface area contributed by atoms with Crippen LogP contribution < -0.4 is 0 Å². The fourth-order valence-corrected chi connectivity index (χ4v) is 4.16. The first-order valence-electron chi connectivity index (χ1n) is 7.63. The fraction of sp³-hybridized carbons (Fsp3) is 0.222. The first kappa shape index (κ1) is 16.9. The Kier molecular flexibility index (Phi) is 5.16. The van der Waals surface area contributed by atoms with E-state index >= 15 is 0 Å². The number of thiophene rings is 1. The van der Waals surface area contributed by atoms with Gasteiger partial charge in [-0.3, -0.25) is 4.79 Å². The number of nitrogens with zero attached hydrogens (tertiary/aromatic N) is 3. The second kappa shape index (κ2) is 7.32. The Morgan fingerprint density at radius 2 is 2.17 bits per heavy atom. The summed E-state index contributed by atoms with van der Waals surface area (Å²) in [5.41, 5.74) is 1.90. The minimum Gasteiger partial charge on any atom is -0.332 e. The van der Waals surface area contributed by atoms with Gasteiger partial charge in [0.15, 0.2) is 0 Å². The van der Waals surface area contributed by atoms with Gasteiger partial charge in [-0.25, -0.2) is 4.98 Å². The van der Waals surface area contributed by atoms with Crippen molar-refractivity contribution < 1.29 is 4.79 Å². The van der Waals surface area contributed by atoms with Gasteiger partial charge in [0.25, 0.3) is 0 Å². The Bertz CT molecular complexity index is 883. The zero-order valence-electron chi connectivity index (χ0n) is 13.4. The van der Waals surface area contributed by atoms with Gasteiger partial charge in [0.05, 0.1) is 21.4 Å². The molecule has 0 fully saturated rings. The fourth-order valence-electron chi connectivity index (χ4n) is 2.67. The monoisotopic (exact) mass is 403 g/mol. The molecule has 4 nitrogen and oxygen atoms in total. The molecule has 124 valence electrons. The van der Waals surface area contributed by atoms with Crippen molar-refractivity contribution >= 4 is 44.2 Å². The Balaban J connectivity index is 1.82. The lowest BCUT2D eigenvalue weighted by Crippen LogP contribution is -2.33. The molecule has 3 rings (SSSR count). The number of benzene rings is 1. The molecule has 2 aromatic heterocycles. The summed E-state index contributed by atoms with van der Waals surface area (Å²) in [7, 11) is 0. The molecule has 0 spiro atoms. The summed E-state index contributed by atoms with van der Waals surface area (Å²) < 4.78 is 3.04. The molecule has 24 heavy (non-hydrogen) atoms. The number of halogens is 1. The SMILES string of the molecule is C=CCN(Cc1ccc(Br)s1)C(=O)Cn1c(C)nc2ccccc21. The van der Waals surface area contributed by atoms with Crippen molar-refractivity contribution in [3.05, 3.63) is 63.5 Å². The van der Waals surface area contributed by atoms with Crippen molar-refractivity contribution in [2.45, 2.75) is 20.0 Å². The quantitative estimate of drug-likeness (QED) is 0.572. The summed E-state index contributed by atoms with van der Waals surface area (Å²) in [5.74, 6) is 0.910. The number of fused-ring (bicyclic) bond motifs is 1. The van der Waals surface area contributed by atoms with E-state index in [1.165, 1.54) is 0 Å². The van der Waals surface area contributed by atoms with Crippen LogP contribution in [0.1, 0.15) is 10.7 Å². The van der Waals surface area contributed by atoms with Crippen molar-refractivity contribution in [2.75, 3.05) is 6.54 Å². The highest BCUT2D eigenvalue weighted by Gasteiger charge is 2.17. The maximum Gasteiger partial charge on any atom is 0.243 e. The van der Waals surface area contributed by atoms with Gasteiger partial charge in [-0.05, 0) is 47.1 Å². The molecular weight excluding hydrogens is 386 g/mol. The highest BCUT2D eigenvalue weighted by molar-refractivity contribution is 9.11. The summed E-state index contributed by atoms with van der Waals surface area (Å²) in [6.07, 6.45) is 1.76. The minimum atomic E-state index is 0.0608. The van der Waals surface area contributed by atoms with Gasteiger partial charge in [0.1, 0.15) is 12.4 Å². The maximum absolute atomic E-state index is 12.8. The lowest BCUT2D eigenvalue weighted by Gasteiger charge is -2.21. The van der Waals surface area contributed by atoms with Crippen molar-refractivity contribution in [3.63, 3.8) is 0 Å². The second-order valence-electron chi connectivity index (χ2n) is 5.50. The van der Waals surface area contributed by atoms with Crippen LogP contribution in [0.3, 0.4) is 0 Å². The smallest absolute Gasteiger partial charge is 0.243 e. The highest BCUT2D eigenvalue weighted by Crippen LogP contribution is 2.23. The highest BCUT2D eigenvalue weighted by atomic mass is 79.9. The average Bonchev–Trinajstić information content (AvgIpc) is 3.10. The molecule has 0 aliphatic heterocycles. The molecule has 0 aliphatic rings. The van der Waals surface area contributed by atoms with Crippen LogP contribution in [0.2, 0.25) is 0 Å². The second-order valence-corrected chi connectivity index (χ2v) is 8.05. The summed E-state index contributed by atoms with van der Waals surface area (Å²) in [6, 6.07) is 11.9. The molecule has 0 saturated carbocycles. The molecule has 0 saturated heterocycles. The summed E-state index contributed by atoms with van der Waals surface area (Å²) in [6.45, 7) is 7.11. The summed E-state index contributed by atoms with van der Waals surface area (Å²) >= 11 is 5.11. The number of aryl methyl sites for hydroxylation is 1. The van der Waals surface area contributed by atoms with Gasteiger partial charge in [-0.15, -0.1) is 17.9 Å². The molecule has 0 N–H and O–H groups in total. The molecule has 3 aromatic rings. The van der Waals surface area contributed by atoms with E-state index in [2.05, 4.69) is 27.5 Å². The van der Waals surface area contributed by atoms with E-state index in [-0.39, 0.29) is 12.5 Å². The molecule has 0 atom stereocenters. The molecule has 2 heterocycles. The predicted octanol–water partition coefficient (Wildman–Crippen LogP) is 4.38. The third kappa shape index (κ3) is 3.60. The van der Waals surface area contributed by atoms with E-state index in [1.54, 1.807) is 17.4 Å². The number of hydrogen-bond donors (Lipinski definition) is 0.